The van der Waals surface area contributed by atoms with Crippen LogP contribution in [0.1, 0.15) is 76.1 Å². The summed E-state index contributed by atoms with van der Waals surface area (Å²) in [5.74, 6) is -1.78. The van der Waals surface area contributed by atoms with Crippen molar-refractivity contribution in [2.75, 3.05) is 19.7 Å². The van der Waals surface area contributed by atoms with Crippen molar-refractivity contribution in [3.63, 3.8) is 0 Å². The number of amides is 3. The minimum atomic E-state index is -1.02. The van der Waals surface area contributed by atoms with Crippen LogP contribution in [0.3, 0.4) is 0 Å². The van der Waals surface area contributed by atoms with Gasteiger partial charge >= 0.3 is 5.97 Å². The van der Waals surface area contributed by atoms with E-state index in [1.807, 2.05) is 0 Å². The first kappa shape index (κ1) is 29.9. The number of ketones is 1. The predicted octanol–water partition coefficient (Wildman–Crippen LogP) is 2.18. The summed E-state index contributed by atoms with van der Waals surface area (Å²) < 4.78 is 5.08. The zero-order valence-corrected chi connectivity index (χ0v) is 22.1. The first-order valence-electron chi connectivity index (χ1n) is 13.1. The topological polar surface area (TPSA) is 144 Å². The number of nitrogens with zero attached hydrogens (tertiary/aromatic N) is 1. The molecule has 0 aromatic carbocycles. The summed E-state index contributed by atoms with van der Waals surface area (Å²) in [5.41, 5.74) is 0.201. The van der Waals surface area contributed by atoms with Crippen molar-refractivity contribution in [2.45, 2.75) is 71.8 Å². The van der Waals surface area contributed by atoms with Gasteiger partial charge in [0.15, 0.2) is 12.4 Å². The van der Waals surface area contributed by atoms with E-state index in [1.54, 1.807) is 6.07 Å². The Hall–Kier alpha value is -3.30. The van der Waals surface area contributed by atoms with Crippen LogP contribution in [0.2, 0.25) is 0 Å². The van der Waals surface area contributed by atoms with Crippen molar-refractivity contribution in [1.82, 2.24) is 20.9 Å². The molecule has 0 spiro atoms. The summed E-state index contributed by atoms with van der Waals surface area (Å²) in [6, 6.07) is 2.07. The van der Waals surface area contributed by atoms with Gasteiger partial charge in [-0.1, -0.05) is 33.6 Å². The number of esters is 1. The van der Waals surface area contributed by atoms with Crippen LogP contribution < -0.4 is 16.0 Å². The third-order valence-corrected chi connectivity index (χ3v) is 6.04. The second kappa shape index (κ2) is 15.7. The zero-order chi connectivity index (χ0) is 27.2. The summed E-state index contributed by atoms with van der Waals surface area (Å²) in [5, 5.41) is 7.99. The average Bonchev–Trinajstić information content (AvgIpc) is 3.42. The number of aromatic nitrogens is 1. The molecule has 2 heterocycles. The fraction of sp³-hybridized carbons (Fsp3) is 0.630. The van der Waals surface area contributed by atoms with E-state index in [4.69, 9.17) is 4.74 Å². The number of hydrogen-bond donors (Lipinski definition) is 3. The molecule has 0 bridgehead atoms. The van der Waals surface area contributed by atoms with Gasteiger partial charge in [-0.25, -0.2) is 4.79 Å². The minimum Gasteiger partial charge on any atom is -0.454 e. The molecule has 1 aliphatic heterocycles. The highest BCUT2D eigenvalue weighted by Gasteiger charge is 2.31. The Labute approximate surface area is 218 Å². The number of rotatable bonds is 10. The number of carbonyl (C=O) groups is 5. The van der Waals surface area contributed by atoms with E-state index in [0.29, 0.717) is 13.0 Å². The third-order valence-electron chi connectivity index (χ3n) is 6.04. The molecular formula is C27H40N4O6. The van der Waals surface area contributed by atoms with Gasteiger partial charge < -0.3 is 20.7 Å². The second-order valence-electron chi connectivity index (χ2n) is 10.2. The van der Waals surface area contributed by atoms with Gasteiger partial charge in [0.2, 0.25) is 17.7 Å². The number of nitrogens with one attached hydrogen (secondary N) is 3. The van der Waals surface area contributed by atoms with Gasteiger partial charge in [-0.15, -0.1) is 0 Å². The van der Waals surface area contributed by atoms with Crippen molar-refractivity contribution in [3.8, 4) is 0 Å². The maximum Gasteiger partial charge on any atom is 0.340 e. The van der Waals surface area contributed by atoms with Gasteiger partial charge in [0.1, 0.15) is 0 Å². The predicted molar refractivity (Wildman–Crippen MR) is 137 cm³/mol. The Morgan fingerprint density at radius 1 is 1.11 bits per heavy atom. The van der Waals surface area contributed by atoms with Gasteiger partial charge in [-0.3, -0.25) is 24.2 Å². The van der Waals surface area contributed by atoms with Crippen LogP contribution in [0, 0.1) is 17.8 Å². The van der Waals surface area contributed by atoms with E-state index in [-0.39, 0.29) is 36.3 Å². The Balaban J connectivity index is 0.00000112. The second-order valence-corrected chi connectivity index (χ2v) is 10.2. The lowest BCUT2D eigenvalue weighted by Crippen LogP contribution is -2.49. The number of pyridine rings is 1. The van der Waals surface area contributed by atoms with Gasteiger partial charge in [0.25, 0.3) is 0 Å². The van der Waals surface area contributed by atoms with Crippen molar-refractivity contribution < 1.29 is 28.7 Å². The maximum atomic E-state index is 12.8. The number of Topliss-reactive ketones (excluding diaryl/α,β-unsaturated/α-hetero) is 1. The molecule has 3 N–H and O–H groups in total. The standard InChI is InChI=1S/C23H30N4O6.C4H10/c28-19(14-33-23(32)17-8-3-9-24-12-17)18(11-16-7-4-10-25-22(16)31)27-20(29)13-26-21(30)15-5-1-2-6-15;1-4(2)3/h3,8-9,12,15-16,18H,1-2,4-7,10-11,13-14H2,(H,25,31)(H,26,30)(H,27,29);4H,1-3H3. The lowest BCUT2D eigenvalue weighted by Gasteiger charge is -2.26. The largest absolute Gasteiger partial charge is 0.454 e. The van der Waals surface area contributed by atoms with Crippen LogP contribution in [0.4, 0.5) is 0 Å². The molecule has 3 rings (SSSR count). The van der Waals surface area contributed by atoms with E-state index in [9.17, 15) is 24.0 Å². The van der Waals surface area contributed by atoms with Crippen molar-refractivity contribution in [2.24, 2.45) is 17.8 Å². The summed E-state index contributed by atoms with van der Waals surface area (Å²) in [4.78, 5) is 65.6. The van der Waals surface area contributed by atoms with Crippen molar-refractivity contribution >= 4 is 29.5 Å². The molecule has 10 nitrogen and oxygen atoms in total. The highest BCUT2D eigenvalue weighted by atomic mass is 16.5. The Morgan fingerprint density at radius 2 is 1.81 bits per heavy atom. The molecule has 2 unspecified atom stereocenters. The number of piperidine rings is 1. The Kier molecular flexibility index (Phi) is 12.7. The molecule has 3 amide bonds. The summed E-state index contributed by atoms with van der Waals surface area (Å²) in [7, 11) is 0. The van der Waals surface area contributed by atoms with Gasteiger partial charge in [0, 0.05) is 30.8 Å². The molecule has 1 saturated heterocycles. The smallest absolute Gasteiger partial charge is 0.340 e. The van der Waals surface area contributed by atoms with E-state index in [1.165, 1.54) is 18.5 Å². The minimum absolute atomic E-state index is 0.0759. The van der Waals surface area contributed by atoms with Crippen LogP contribution in [0.5, 0.6) is 0 Å². The molecule has 2 aliphatic rings. The Morgan fingerprint density at radius 3 is 2.43 bits per heavy atom. The third kappa shape index (κ3) is 11.1. The number of ether oxygens (including phenoxy) is 1. The van der Waals surface area contributed by atoms with E-state index < -0.39 is 36.2 Å². The van der Waals surface area contributed by atoms with Crippen molar-refractivity contribution in [1.29, 1.82) is 0 Å². The summed E-state index contributed by atoms with van der Waals surface area (Å²) in [6.45, 7) is 6.27. The lowest BCUT2D eigenvalue weighted by molar-refractivity contribution is -0.132. The SMILES string of the molecule is CC(C)C.O=C(CNC(=O)C1CCCC1)NC(CC1CCCNC1=O)C(=O)COC(=O)c1cccnc1. The fourth-order valence-corrected chi connectivity index (χ4v) is 4.16. The molecule has 0 radical (unpaired) electrons. The summed E-state index contributed by atoms with van der Waals surface area (Å²) in [6.07, 6.45) is 7.93. The van der Waals surface area contributed by atoms with Crippen LogP contribution in [-0.4, -0.2) is 60.2 Å². The van der Waals surface area contributed by atoms with Gasteiger partial charge in [0.05, 0.1) is 18.2 Å². The average molecular weight is 517 g/mol. The monoisotopic (exact) mass is 516 g/mol. The molecule has 1 aromatic heterocycles. The normalized spacial score (nSPS) is 18.2. The van der Waals surface area contributed by atoms with Gasteiger partial charge in [-0.05, 0) is 50.2 Å². The van der Waals surface area contributed by atoms with E-state index in [0.717, 1.165) is 38.0 Å². The molecule has 1 saturated carbocycles. The highest BCUT2D eigenvalue weighted by molar-refractivity contribution is 5.95. The van der Waals surface area contributed by atoms with Crippen LogP contribution in [0.15, 0.2) is 24.5 Å². The highest BCUT2D eigenvalue weighted by Crippen LogP contribution is 2.24. The fourth-order valence-electron chi connectivity index (χ4n) is 4.16. The molecular weight excluding hydrogens is 476 g/mol. The van der Waals surface area contributed by atoms with E-state index >= 15 is 0 Å². The molecule has 1 aromatic rings. The number of carbonyl (C=O) groups excluding carboxylic acids is 5. The molecule has 37 heavy (non-hydrogen) atoms. The lowest BCUT2D eigenvalue weighted by atomic mass is 9.90. The van der Waals surface area contributed by atoms with E-state index in [2.05, 4.69) is 41.7 Å². The first-order chi connectivity index (χ1) is 17.7. The van der Waals surface area contributed by atoms with Crippen LogP contribution >= 0.6 is 0 Å². The van der Waals surface area contributed by atoms with Crippen LogP contribution in [0.25, 0.3) is 0 Å². The van der Waals surface area contributed by atoms with Crippen LogP contribution in [-0.2, 0) is 23.9 Å². The van der Waals surface area contributed by atoms with Crippen molar-refractivity contribution in [3.05, 3.63) is 30.1 Å². The first-order valence-corrected chi connectivity index (χ1v) is 13.1. The maximum absolute atomic E-state index is 12.8. The molecule has 2 atom stereocenters. The summed E-state index contributed by atoms with van der Waals surface area (Å²) >= 11 is 0. The molecule has 204 valence electrons. The Bertz CT molecular complexity index is 912. The molecule has 10 heteroatoms. The zero-order valence-electron chi connectivity index (χ0n) is 22.1. The molecule has 2 fully saturated rings. The van der Waals surface area contributed by atoms with Gasteiger partial charge in [-0.2, -0.15) is 0 Å². The molecule has 1 aliphatic carbocycles. The quantitative estimate of drug-likeness (QED) is 0.404. The number of hydrogen-bond acceptors (Lipinski definition) is 7.